The van der Waals surface area contributed by atoms with E-state index in [-0.39, 0.29) is 26.7 Å². The smallest absolute Gasteiger partial charge is 0.228 e. The zero-order valence-electron chi connectivity index (χ0n) is 14.3. The van der Waals surface area contributed by atoms with Gasteiger partial charge in [-0.05, 0) is 42.3 Å². The number of thioether (sulfide) groups is 1. The van der Waals surface area contributed by atoms with E-state index in [2.05, 4.69) is 4.98 Å². The molecule has 7 heteroatoms. The fourth-order valence-electron chi connectivity index (χ4n) is 2.22. The van der Waals surface area contributed by atoms with Crippen molar-refractivity contribution in [1.29, 1.82) is 0 Å². The summed E-state index contributed by atoms with van der Waals surface area (Å²) in [4.78, 5) is 4.40. The lowest BCUT2D eigenvalue weighted by molar-refractivity contribution is 0.469. The number of sulfone groups is 1. The Hall–Kier alpha value is -2.12. The summed E-state index contributed by atoms with van der Waals surface area (Å²) in [6.07, 6.45) is 0. The van der Waals surface area contributed by atoms with Crippen LogP contribution in [0.1, 0.15) is 13.8 Å². The monoisotopic (exact) mass is 391 g/mol. The Kier molecular flexibility index (Phi) is 5.48. The standard InChI is InChI=1S/C19H18FNO3S2/c1-13(2)12-25-19-18(26(22,23)16-6-4-3-5-7-16)21-17(24-19)14-8-10-15(20)11-9-14/h3-11,13H,12H2,1-2H3. The van der Waals surface area contributed by atoms with Crippen LogP contribution in [-0.4, -0.2) is 19.2 Å². The van der Waals surface area contributed by atoms with Gasteiger partial charge in [0.1, 0.15) is 5.82 Å². The number of halogens is 1. The largest absolute Gasteiger partial charge is 0.428 e. The van der Waals surface area contributed by atoms with Crippen molar-refractivity contribution in [3.8, 4) is 11.5 Å². The molecule has 136 valence electrons. The summed E-state index contributed by atoms with van der Waals surface area (Å²) in [7, 11) is -3.81. The highest BCUT2D eigenvalue weighted by atomic mass is 32.2. The van der Waals surface area contributed by atoms with Crippen LogP contribution in [-0.2, 0) is 9.84 Å². The lowest BCUT2D eigenvalue weighted by Gasteiger charge is -2.04. The first-order chi connectivity index (χ1) is 12.4. The maximum absolute atomic E-state index is 13.2. The minimum absolute atomic E-state index is 0.103. The number of hydrogen-bond donors (Lipinski definition) is 0. The number of rotatable bonds is 6. The minimum Gasteiger partial charge on any atom is -0.428 e. The Morgan fingerprint density at radius 3 is 2.35 bits per heavy atom. The van der Waals surface area contributed by atoms with Crippen molar-refractivity contribution in [2.24, 2.45) is 5.92 Å². The molecular formula is C19H18FNO3S2. The van der Waals surface area contributed by atoms with Crippen LogP contribution in [0.3, 0.4) is 0 Å². The van der Waals surface area contributed by atoms with Gasteiger partial charge in [-0.15, -0.1) is 0 Å². The molecule has 0 aliphatic carbocycles. The molecule has 4 nitrogen and oxygen atoms in total. The maximum atomic E-state index is 13.2. The molecule has 3 rings (SSSR count). The Morgan fingerprint density at radius 1 is 1.08 bits per heavy atom. The summed E-state index contributed by atoms with van der Waals surface area (Å²) < 4.78 is 44.9. The number of aromatic nitrogens is 1. The lowest BCUT2D eigenvalue weighted by Crippen LogP contribution is -2.04. The van der Waals surface area contributed by atoms with E-state index in [0.29, 0.717) is 17.2 Å². The second kappa shape index (κ2) is 7.63. The lowest BCUT2D eigenvalue weighted by atomic mass is 10.2. The molecule has 0 aliphatic rings. The third kappa shape index (κ3) is 3.99. The van der Waals surface area contributed by atoms with Gasteiger partial charge >= 0.3 is 0 Å². The highest BCUT2D eigenvalue weighted by Crippen LogP contribution is 2.35. The normalized spacial score (nSPS) is 11.8. The van der Waals surface area contributed by atoms with Crippen LogP contribution in [0.4, 0.5) is 4.39 Å². The van der Waals surface area contributed by atoms with E-state index >= 15 is 0 Å². The van der Waals surface area contributed by atoms with Crippen LogP contribution >= 0.6 is 11.8 Å². The Bertz CT molecular complexity index is 981. The maximum Gasteiger partial charge on any atom is 0.228 e. The molecule has 1 aromatic heterocycles. The van der Waals surface area contributed by atoms with Crippen LogP contribution in [0.5, 0.6) is 0 Å². The van der Waals surface area contributed by atoms with E-state index in [4.69, 9.17) is 4.42 Å². The molecule has 0 atom stereocenters. The molecule has 1 heterocycles. The van der Waals surface area contributed by atoms with Gasteiger partial charge in [0.25, 0.3) is 0 Å². The molecule has 0 spiro atoms. The second-order valence-corrected chi connectivity index (χ2v) is 9.00. The first-order valence-electron chi connectivity index (χ1n) is 8.07. The molecule has 0 bridgehead atoms. The quantitative estimate of drug-likeness (QED) is 0.550. The molecule has 0 aliphatic heterocycles. The summed E-state index contributed by atoms with van der Waals surface area (Å²) in [5, 5.41) is 0.149. The summed E-state index contributed by atoms with van der Waals surface area (Å²) >= 11 is 1.31. The van der Waals surface area contributed by atoms with Crippen LogP contribution < -0.4 is 0 Å². The minimum atomic E-state index is -3.81. The SMILES string of the molecule is CC(C)CSc1oc(-c2ccc(F)cc2)nc1S(=O)(=O)c1ccccc1. The van der Waals surface area contributed by atoms with E-state index in [1.165, 1.54) is 48.2 Å². The highest BCUT2D eigenvalue weighted by Gasteiger charge is 2.28. The first-order valence-corrected chi connectivity index (χ1v) is 10.5. The molecule has 0 saturated carbocycles. The molecule has 0 fully saturated rings. The average molecular weight is 391 g/mol. The van der Waals surface area contributed by atoms with Gasteiger partial charge in [-0.3, -0.25) is 0 Å². The zero-order chi connectivity index (χ0) is 18.7. The van der Waals surface area contributed by atoms with Gasteiger partial charge in [-0.25, -0.2) is 12.8 Å². The Balaban J connectivity index is 2.09. The molecule has 2 aromatic carbocycles. The molecular weight excluding hydrogens is 373 g/mol. The Labute approximate surface area is 156 Å². The zero-order valence-corrected chi connectivity index (χ0v) is 16.0. The number of nitrogens with zero attached hydrogens (tertiary/aromatic N) is 1. The van der Waals surface area contributed by atoms with Gasteiger partial charge in [-0.1, -0.05) is 43.8 Å². The predicted octanol–water partition coefficient (Wildman–Crippen LogP) is 5.06. The van der Waals surface area contributed by atoms with Crippen molar-refractivity contribution in [3.63, 3.8) is 0 Å². The van der Waals surface area contributed by atoms with Crippen molar-refractivity contribution in [2.45, 2.75) is 28.9 Å². The summed E-state index contributed by atoms with van der Waals surface area (Å²) in [6.45, 7) is 4.07. The van der Waals surface area contributed by atoms with E-state index in [1.54, 1.807) is 18.2 Å². The summed E-state index contributed by atoms with van der Waals surface area (Å²) in [5.74, 6) is 0.819. The van der Waals surface area contributed by atoms with E-state index in [9.17, 15) is 12.8 Å². The molecule has 0 amide bonds. The topological polar surface area (TPSA) is 60.2 Å². The predicted molar refractivity (Wildman–Crippen MR) is 99.4 cm³/mol. The molecule has 0 radical (unpaired) electrons. The second-order valence-electron chi connectivity index (χ2n) is 6.14. The molecule has 26 heavy (non-hydrogen) atoms. The van der Waals surface area contributed by atoms with Gasteiger partial charge in [0.2, 0.25) is 25.8 Å². The number of hydrogen-bond acceptors (Lipinski definition) is 5. The third-order valence-corrected chi connectivity index (χ3v) is 6.69. The van der Waals surface area contributed by atoms with Gasteiger partial charge in [0.15, 0.2) is 0 Å². The van der Waals surface area contributed by atoms with Crippen molar-refractivity contribution >= 4 is 21.6 Å². The average Bonchev–Trinajstić information content (AvgIpc) is 3.06. The fraction of sp³-hybridized carbons (Fsp3) is 0.211. The van der Waals surface area contributed by atoms with E-state index in [0.717, 1.165) is 0 Å². The van der Waals surface area contributed by atoms with Crippen molar-refractivity contribution in [3.05, 3.63) is 60.4 Å². The third-order valence-electron chi connectivity index (χ3n) is 3.51. The van der Waals surface area contributed by atoms with Crippen LogP contribution in [0.25, 0.3) is 11.5 Å². The van der Waals surface area contributed by atoms with Gasteiger partial charge in [0, 0.05) is 11.3 Å². The van der Waals surface area contributed by atoms with Crippen molar-refractivity contribution in [1.82, 2.24) is 4.98 Å². The number of benzene rings is 2. The van der Waals surface area contributed by atoms with Crippen LogP contribution in [0.15, 0.2) is 74.0 Å². The fourth-order valence-corrected chi connectivity index (χ4v) is 4.72. The molecule has 3 aromatic rings. The van der Waals surface area contributed by atoms with Gasteiger partial charge in [0.05, 0.1) is 4.90 Å². The Morgan fingerprint density at radius 2 is 1.73 bits per heavy atom. The van der Waals surface area contributed by atoms with Crippen molar-refractivity contribution in [2.75, 3.05) is 5.75 Å². The highest BCUT2D eigenvalue weighted by molar-refractivity contribution is 8.00. The first kappa shape index (κ1) is 18.7. The van der Waals surface area contributed by atoms with E-state index in [1.807, 2.05) is 13.8 Å². The van der Waals surface area contributed by atoms with Crippen LogP contribution in [0, 0.1) is 11.7 Å². The van der Waals surface area contributed by atoms with Crippen LogP contribution in [0.2, 0.25) is 0 Å². The summed E-state index contributed by atoms with van der Waals surface area (Å²) in [6, 6.07) is 13.7. The van der Waals surface area contributed by atoms with E-state index < -0.39 is 9.84 Å². The molecule has 0 unspecified atom stereocenters. The molecule has 0 N–H and O–H groups in total. The van der Waals surface area contributed by atoms with Crippen molar-refractivity contribution < 1.29 is 17.2 Å². The van der Waals surface area contributed by atoms with Gasteiger partial charge in [-0.2, -0.15) is 4.98 Å². The summed E-state index contributed by atoms with van der Waals surface area (Å²) in [5.41, 5.74) is 0.521. The number of oxazole rings is 1. The molecule has 0 saturated heterocycles. The van der Waals surface area contributed by atoms with Gasteiger partial charge < -0.3 is 4.42 Å².